The quantitative estimate of drug-likeness (QED) is 0.721. The molecule has 0 bridgehead atoms. The molecule has 29 heavy (non-hydrogen) atoms. The van der Waals surface area contributed by atoms with Gasteiger partial charge in [0.2, 0.25) is 21.8 Å². The standard InChI is InChI=1S/C19H22N4O5S/c1-29(27,28)23-11-9-13(12-16(23)18(20)25)19(26)21-14-5-7-15(8-6-14)22-10-3-2-4-17(22)24/h2-8,10,13,16H,9,11-12H2,1H3,(H2,20,25)(H,21,26). The molecule has 0 saturated carbocycles. The number of primary amides is 1. The lowest BCUT2D eigenvalue weighted by atomic mass is 9.91. The number of amides is 2. The molecule has 154 valence electrons. The summed E-state index contributed by atoms with van der Waals surface area (Å²) < 4.78 is 26.2. The van der Waals surface area contributed by atoms with E-state index in [-0.39, 0.29) is 24.4 Å². The molecule has 1 aliphatic heterocycles. The third-order valence-corrected chi connectivity index (χ3v) is 6.20. The van der Waals surface area contributed by atoms with Gasteiger partial charge in [0, 0.05) is 36.1 Å². The number of rotatable bonds is 5. The van der Waals surface area contributed by atoms with Crippen LogP contribution in [0.2, 0.25) is 0 Å². The molecule has 2 unspecified atom stereocenters. The van der Waals surface area contributed by atoms with Crippen LogP contribution in [-0.4, -0.2) is 47.9 Å². The molecular weight excluding hydrogens is 396 g/mol. The summed E-state index contributed by atoms with van der Waals surface area (Å²) in [7, 11) is -3.59. The monoisotopic (exact) mass is 418 g/mol. The number of carbonyl (C=O) groups is 2. The van der Waals surface area contributed by atoms with Gasteiger partial charge in [0.25, 0.3) is 5.56 Å². The van der Waals surface area contributed by atoms with Crippen LogP contribution in [0.15, 0.2) is 53.5 Å². The summed E-state index contributed by atoms with van der Waals surface area (Å²) in [4.78, 5) is 36.2. The normalized spacial score (nSPS) is 20.2. The molecule has 1 aliphatic rings. The molecule has 2 atom stereocenters. The summed E-state index contributed by atoms with van der Waals surface area (Å²) in [5.41, 5.74) is 6.37. The zero-order valence-corrected chi connectivity index (χ0v) is 16.6. The topological polar surface area (TPSA) is 132 Å². The van der Waals surface area contributed by atoms with Gasteiger partial charge in [-0.3, -0.25) is 19.0 Å². The highest BCUT2D eigenvalue weighted by molar-refractivity contribution is 7.88. The van der Waals surface area contributed by atoms with Crippen molar-refractivity contribution in [2.45, 2.75) is 18.9 Å². The molecule has 1 fully saturated rings. The number of benzene rings is 1. The van der Waals surface area contributed by atoms with E-state index in [1.165, 1.54) is 10.6 Å². The van der Waals surface area contributed by atoms with E-state index in [2.05, 4.69) is 5.32 Å². The van der Waals surface area contributed by atoms with Crippen LogP contribution >= 0.6 is 0 Å². The molecule has 0 aliphatic carbocycles. The minimum atomic E-state index is -3.59. The molecular formula is C19H22N4O5S. The smallest absolute Gasteiger partial charge is 0.255 e. The van der Waals surface area contributed by atoms with Gasteiger partial charge in [-0.1, -0.05) is 6.07 Å². The molecule has 3 N–H and O–H groups in total. The van der Waals surface area contributed by atoms with Crippen LogP contribution < -0.4 is 16.6 Å². The molecule has 10 heteroatoms. The number of anilines is 1. The van der Waals surface area contributed by atoms with Gasteiger partial charge in [-0.15, -0.1) is 0 Å². The Kier molecular flexibility index (Phi) is 5.85. The van der Waals surface area contributed by atoms with Crippen molar-refractivity contribution in [3.63, 3.8) is 0 Å². The fraction of sp³-hybridized carbons (Fsp3) is 0.316. The molecule has 2 heterocycles. The largest absolute Gasteiger partial charge is 0.368 e. The van der Waals surface area contributed by atoms with Crippen LogP contribution in [0.25, 0.3) is 5.69 Å². The molecule has 0 spiro atoms. The van der Waals surface area contributed by atoms with Crippen LogP contribution in [0.1, 0.15) is 12.8 Å². The van der Waals surface area contributed by atoms with Crippen molar-refractivity contribution in [2.75, 3.05) is 18.1 Å². The summed E-state index contributed by atoms with van der Waals surface area (Å²) in [6.45, 7) is 0.0559. The number of nitrogens with one attached hydrogen (secondary N) is 1. The second kappa shape index (κ2) is 8.18. The maximum Gasteiger partial charge on any atom is 0.255 e. The van der Waals surface area contributed by atoms with Crippen LogP contribution in [0.4, 0.5) is 5.69 Å². The second-order valence-corrected chi connectivity index (χ2v) is 8.89. The van der Waals surface area contributed by atoms with E-state index in [0.29, 0.717) is 17.8 Å². The highest BCUT2D eigenvalue weighted by atomic mass is 32.2. The van der Waals surface area contributed by atoms with Crippen molar-refractivity contribution in [3.8, 4) is 5.69 Å². The maximum atomic E-state index is 12.6. The van der Waals surface area contributed by atoms with E-state index >= 15 is 0 Å². The first-order chi connectivity index (χ1) is 13.7. The van der Waals surface area contributed by atoms with Crippen molar-refractivity contribution in [1.29, 1.82) is 0 Å². The van der Waals surface area contributed by atoms with Crippen molar-refractivity contribution < 1.29 is 18.0 Å². The number of pyridine rings is 1. The number of hydrogen-bond acceptors (Lipinski definition) is 5. The van der Waals surface area contributed by atoms with Crippen LogP contribution in [0.3, 0.4) is 0 Å². The molecule has 2 aromatic rings. The molecule has 1 aromatic heterocycles. The molecule has 1 aromatic carbocycles. The van der Waals surface area contributed by atoms with Gasteiger partial charge >= 0.3 is 0 Å². The minimum absolute atomic E-state index is 0.0335. The third kappa shape index (κ3) is 4.72. The Morgan fingerprint density at radius 1 is 1.14 bits per heavy atom. The van der Waals surface area contributed by atoms with E-state index in [1.54, 1.807) is 42.6 Å². The summed E-state index contributed by atoms with van der Waals surface area (Å²) in [6.07, 6.45) is 2.99. The van der Waals surface area contributed by atoms with E-state index in [9.17, 15) is 22.8 Å². The highest BCUT2D eigenvalue weighted by Gasteiger charge is 2.39. The fourth-order valence-corrected chi connectivity index (χ4v) is 4.52. The Bertz CT molecular complexity index is 1080. The Morgan fingerprint density at radius 2 is 1.83 bits per heavy atom. The van der Waals surface area contributed by atoms with E-state index in [0.717, 1.165) is 10.6 Å². The average molecular weight is 418 g/mol. The van der Waals surface area contributed by atoms with Crippen LogP contribution in [0, 0.1) is 5.92 Å². The first-order valence-electron chi connectivity index (χ1n) is 9.02. The predicted octanol–water partition coefficient (Wildman–Crippen LogP) is 0.302. The number of nitrogens with zero attached hydrogens (tertiary/aromatic N) is 2. The Labute approximate surface area is 168 Å². The van der Waals surface area contributed by atoms with Gasteiger partial charge in [0.15, 0.2) is 0 Å². The van der Waals surface area contributed by atoms with Crippen molar-refractivity contribution in [1.82, 2.24) is 8.87 Å². The van der Waals surface area contributed by atoms with E-state index < -0.39 is 27.9 Å². The van der Waals surface area contributed by atoms with Gasteiger partial charge in [-0.25, -0.2) is 8.42 Å². The van der Waals surface area contributed by atoms with Crippen LogP contribution in [0.5, 0.6) is 0 Å². The first-order valence-corrected chi connectivity index (χ1v) is 10.9. The maximum absolute atomic E-state index is 12.6. The Morgan fingerprint density at radius 3 is 2.41 bits per heavy atom. The molecule has 9 nitrogen and oxygen atoms in total. The molecule has 1 saturated heterocycles. The lowest BCUT2D eigenvalue weighted by Crippen LogP contribution is -2.53. The summed E-state index contributed by atoms with van der Waals surface area (Å²) in [5.74, 6) is -1.62. The number of sulfonamides is 1. The highest BCUT2D eigenvalue weighted by Crippen LogP contribution is 2.26. The SMILES string of the molecule is CS(=O)(=O)N1CCC(C(=O)Nc2ccc(-n3ccccc3=O)cc2)CC1C(N)=O. The lowest BCUT2D eigenvalue weighted by molar-refractivity contribution is -0.126. The zero-order valence-electron chi connectivity index (χ0n) is 15.8. The lowest BCUT2D eigenvalue weighted by Gasteiger charge is -2.35. The number of nitrogens with two attached hydrogens (primary N) is 1. The molecule has 3 rings (SSSR count). The Balaban J connectivity index is 1.70. The van der Waals surface area contributed by atoms with Crippen LogP contribution in [-0.2, 0) is 19.6 Å². The van der Waals surface area contributed by atoms with E-state index in [1.807, 2.05) is 0 Å². The van der Waals surface area contributed by atoms with Gasteiger partial charge in [-0.2, -0.15) is 4.31 Å². The van der Waals surface area contributed by atoms with Crippen molar-refractivity contribution in [3.05, 3.63) is 59.0 Å². The van der Waals surface area contributed by atoms with Crippen molar-refractivity contribution in [2.24, 2.45) is 11.7 Å². The van der Waals surface area contributed by atoms with E-state index in [4.69, 9.17) is 5.73 Å². The first kappa shape index (κ1) is 20.7. The number of piperidine rings is 1. The van der Waals surface area contributed by atoms with Gasteiger partial charge in [0.05, 0.1) is 6.26 Å². The number of aromatic nitrogens is 1. The molecule has 2 amide bonds. The summed E-state index contributed by atoms with van der Waals surface area (Å²) in [5, 5.41) is 2.77. The Hall–Kier alpha value is -2.98. The fourth-order valence-electron chi connectivity index (χ4n) is 3.43. The molecule has 0 radical (unpaired) electrons. The number of carbonyl (C=O) groups excluding carboxylic acids is 2. The summed E-state index contributed by atoms with van der Waals surface area (Å²) in [6, 6.07) is 10.6. The average Bonchev–Trinajstić information content (AvgIpc) is 2.68. The zero-order chi connectivity index (χ0) is 21.2. The third-order valence-electron chi connectivity index (χ3n) is 4.91. The predicted molar refractivity (Wildman–Crippen MR) is 108 cm³/mol. The van der Waals surface area contributed by atoms with Gasteiger partial charge in [-0.05, 0) is 43.2 Å². The van der Waals surface area contributed by atoms with Gasteiger partial charge < -0.3 is 11.1 Å². The summed E-state index contributed by atoms with van der Waals surface area (Å²) >= 11 is 0. The second-order valence-electron chi connectivity index (χ2n) is 6.96. The minimum Gasteiger partial charge on any atom is -0.368 e. The van der Waals surface area contributed by atoms with Crippen molar-refractivity contribution >= 4 is 27.5 Å². The van der Waals surface area contributed by atoms with Gasteiger partial charge in [0.1, 0.15) is 6.04 Å². The number of hydrogen-bond donors (Lipinski definition) is 2.